The van der Waals surface area contributed by atoms with Crippen molar-refractivity contribution in [1.29, 1.82) is 0 Å². The Bertz CT molecular complexity index is 915. The van der Waals surface area contributed by atoms with Gasteiger partial charge in [-0.25, -0.2) is 0 Å². The van der Waals surface area contributed by atoms with Crippen molar-refractivity contribution in [3.05, 3.63) is 53.6 Å². The summed E-state index contributed by atoms with van der Waals surface area (Å²) in [4.78, 5) is 9.46. The standard InChI is InChI=1S/C25H35N5O2.HI/c1-3-29-11-13-30(14-12-29)19-21-8-5-4-7-20(21)18-27-25(26-2)28-22-9-10-23-24(17-22)32-16-6-15-31-23;/h4-5,7-10,17H,3,6,11-16,18-19H2,1-2H3,(H2,26,27,28);1H. The van der Waals surface area contributed by atoms with Gasteiger partial charge in [-0.15, -0.1) is 24.0 Å². The summed E-state index contributed by atoms with van der Waals surface area (Å²) < 4.78 is 11.5. The molecule has 2 aromatic carbocycles. The third kappa shape index (κ3) is 7.22. The molecular formula is C25H36IN5O2. The molecular weight excluding hydrogens is 529 g/mol. The van der Waals surface area contributed by atoms with Crippen molar-refractivity contribution in [3.8, 4) is 11.5 Å². The maximum atomic E-state index is 5.80. The van der Waals surface area contributed by atoms with E-state index in [2.05, 4.69) is 56.6 Å². The van der Waals surface area contributed by atoms with E-state index in [1.165, 1.54) is 11.1 Å². The number of halogens is 1. The van der Waals surface area contributed by atoms with E-state index in [-0.39, 0.29) is 24.0 Å². The number of anilines is 1. The molecule has 7 nitrogen and oxygen atoms in total. The van der Waals surface area contributed by atoms with Crippen molar-refractivity contribution >= 4 is 35.6 Å². The predicted octanol–water partition coefficient (Wildman–Crippen LogP) is 3.79. The third-order valence-electron chi connectivity index (χ3n) is 6.10. The van der Waals surface area contributed by atoms with Gasteiger partial charge in [0, 0.05) is 64.5 Å². The van der Waals surface area contributed by atoms with E-state index >= 15 is 0 Å². The number of piperazine rings is 1. The van der Waals surface area contributed by atoms with E-state index < -0.39 is 0 Å². The molecule has 0 saturated carbocycles. The topological polar surface area (TPSA) is 61.4 Å². The first-order valence-corrected chi connectivity index (χ1v) is 11.6. The summed E-state index contributed by atoms with van der Waals surface area (Å²) in [6.07, 6.45) is 0.897. The Balaban J connectivity index is 0.00000306. The molecule has 2 heterocycles. The fourth-order valence-corrected chi connectivity index (χ4v) is 4.12. The van der Waals surface area contributed by atoms with Crippen LogP contribution >= 0.6 is 24.0 Å². The molecule has 0 aromatic heterocycles. The minimum absolute atomic E-state index is 0. The number of nitrogens with one attached hydrogen (secondary N) is 2. The molecule has 0 unspecified atom stereocenters. The molecule has 33 heavy (non-hydrogen) atoms. The quantitative estimate of drug-likeness (QED) is 0.316. The average Bonchev–Trinajstić information content (AvgIpc) is 3.08. The second kappa shape index (κ2) is 13.0. The number of nitrogens with zero attached hydrogens (tertiary/aromatic N) is 3. The highest BCUT2D eigenvalue weighted by Gasteiger charge is 2.17. The van der Waals surface area contributed by atoms with Crippen LogP contribution in [0.5, 0.6) is 11.5 Å². The SMILES string of the molecule is CCN1CCN(Cc2ccccc2CNC(=NC)Nc2ccc3c(c2)OCCCO3)CC1.I. The van der Waals surface area contributed by atoms with Gasteiger partial charge in [0.15, 0.2) is 17.5 Å². The number of rotatable bonds is 6. The van der Waals surface area contributed by atoms with Gasteiger partial charge in [0.1, 0.15) is 0 Å². The van der Waals surface area contributed by atoms with E-state index in [1.807, 2.05) is 18.2 Å². The molecule has 2 aliphatic heterocycles. The number of ether oxygens (including phenoxy) is 2. The highest BCUT2D eigenvalue weighted by Crippen LogP contribution is 2.32. The molecule has 0 atom stereocenters. The van der Waals surface area contributed by atoms with Crippen molar-refractivity contribution in [2.24, 2.45) is 4.99 Å². The van der Waals surface area contributed by atoms with Gasteiger partial charge >= 0.3 is 0 Å². The maximum Gasteiger partial charge on any atom is 0.195 e. The fraction of sp³-hybridized carbons (Fsp3) is 0.480. The Morgan fingerprint density at radius 3 is 2.36 bits per heavy atom. The predicted molar refractivity (Wildman–Crippen MR) is 145 cm³/mol. The zero-order valence-electron chi connectivity index (χ0n) is 19.7. The van der Waals surface area contributed by atoms with Gasteiger partial charge in [-0.3, -0.25) is 9.89 Å². The summed E-state index contributed by atoms with van der Waals surface area (Å²) >= 11 is 0. The molecule has 0 amide bonds. The second-order valence-corrected chi connectivity index (χ2v) is 8.24. The average molecular weight is 566 g/mol. The van der Waals surface area contributed by atoms with Crippen molar-refractivity contribution in [1.82, 2.24) is 15.1 Å². The van der Waals surface area contributed by atoms with Gasteiger partial charge in [0.05, 0.1) is 13.2 Å². The molecule has 180 valence electrons. The van der Waals surface area contributed by atoms with E-state index in [0.717, 1.165) is 75.4 Å². The highest BCUT2D eigenvalue weighted by molar-refractivity contribution is 14.0. The Morgan fingerprint density at radius 2 is 1.64 bits per heavy atom. The van der Waals surface area contributed by atoms with Gasteiger partial charge in [-0.05, 0) is 29.8 Å². The molecule has 1 saturated heterocycles. The van der Waals surface area contributed by atoms with Crippen LogP contribution in [-0.4, -0.2) is 68.7 Å². The van der Waals surface area contributed by atoms with Gasteiger partial charge in [0.25, 0.3) is 0 Å². The number of likely N-dealkylation sites (N-methyl/N-ethyl adjacent to an activating group) is 1. The van der Waals surface area contributed by atoms with Crippen molar-refractivity contribution in [2.45, 2.75) is 26.4 Å². The lowest BCUT2D eigenvalue weighted by molar-refractivity contribution is 0.131. The Hall–Kier alpha value is -2.04. The molecule has 2 aliphatic rings. The van der Waals surface area contributed by atoms with Crippen molar-refractivity contribution in [2.75, 3.05) is 58.3 Å². The summed E-state index contributed by atoms with van der Waals surface area (Å²) in [5, 5.41) is 6.83. The first-order chi connectivity index (χ1) is 15.7. The normalized spacial score (nSPS) is 17.1. The summed E-state index contributed by atoms with van der Waals surface area (Å²) in [6.45, 7) is 11.0. The summed E-state index contributed by atoms with van der Waals surface area (Å²) in [5.74, 6) is 2.30. The monoisotopic (exact) mass is 565 g/mol. The van der Waals surface area contributed by atoms with Crippen LogP contribution in [0.4, 0.5) is 5.69 Å². The molecule has 0 bridgehead atoms. The minimum atomic E-state index is 0. The summed E-state index contributed by atoms with van der Waals surface area (Å²) in [5.41, 5.74) is 3.59. The van der Waals surface area contributed by atoms with Crippen LogP contribution in [0.2, 0.25) is 0 Å². The maximum absolute atomic E-state index is 5.80. The minimum Gasteiger partial charge on any atom is -0.490 e. The Labute approximate surface area is 214 Å². The lowest BCUT2D eigenvalue weighted by atomic mass is 10.1. The van der Waals surface area contributed by atoms with E-state index in [4.69, 9.17) is 9.47 Å². The molecule has 2 aromatic rings. The Kier molecular flexibility index (Phi) is 10.1. The van der Waals surface area contributed by atoms with Crippen LogP contribution < -0.4 is 20.1 Å². The first-order valence-electron chi connectivity index (χ1n) is 11.6. The van der Waals surface area contributed by atoms with E-state index in [9.17, 15) is 0 Å². The van der Waals surface area contributed by atoms with Crippen LogP contribution in [0.25, 0.3) is 0 Å². The van der Waals surface area contributed by atoms with Gasteiger partial charge in [-0.1, -0.05) is 31.2 Å². The van der Waals surface area contributed by atoms with Gasteiger partial charge < -0.3 is 25.0 Å². The highest BCUT2D eigenvalue weighted by atomic mass is 127. The number of hydrogen-bond acceptors (Lipinski definition) is 5. The third-order valence-corrected chi connectivity index (χ3v) is 6.10. The van der Waals surface area contributed by atoms with Crippen LogP contribution in [0.3, 0.4) is 0 Å². The van der Waals surface area contributed by atoms with Crippen molar-refractivity contribution < 1.29 is 9.47 Å². The van der Waals surface area contributed by atoms with Crippen LogP contribution in [0.1, 0.15) is 24.5 Å². The van der Waals surface area contributed by atoms with Crippen LogP contribution in [0.15, 0.2) is 47.5 Å². The first kappa shape index (κ1) is 25.6. The molecule has 8 heteroatoms. The lowest BCUT2D eigenvalue weighted by Gasteiger charge is -2.34. The smallest absolute Gasteiger partial charge is 0.195 e. The number of fused-ring (bicyclic) bond motifs is 1. The molecule has 4 rings (SSSR count). The van der Waals surface area contributed by atoms with Crippen LogP contribution in [-0.2, 0) is 13.1 Å². The zero-order valence-corrected chi connectivity index (χ0v) is 22.0. The van der Waals surface area contributed by atoms with E-state index in [0.29, 0.717) is 13.2 Å². The second-order valence-electron chi connectivity index (χ2n) is 8.24. The molecule has 1 fully saturated rings. The zero-order chi connectivity index (χ0) is 22.2. The van der Waals surface area contributed by atoms with E-state index in [1.54, 1.807) is 7.05 Å². The number of aliphatic imine (C=N–C) groups is 1. The van der Waals surface area contributed by atoms with Gasteiger partial charge in [-0.2, -0.15) is 0 Å². The number of hydrogen-bond donors (Lipinski definition) is 2. The van der Waals surface area contributed by atoms with Gasteiger partial charge in [0.2, 0.25) is 0 Å². The lowest BCUT2D eigenvalue weighted by Crippen LogP contribution is -2.45. The fourth-order valence-electron chi connectivity index (χ4n) is 4.12. The van der Waals surface area contributed by atoms with Crippen molar-refractivity contribution in [3.63, 3.8) is 0 Å². The largest absolute Gasteiger partial charge is 0.490 e. The summed E-state index contributed by atoms with van der Waals surface area (Å²) in [6, 6.07) is 14.6. The van der Waals surface area contributed by atoms with Crippen LogP contribution in [0, 0.1) is 0 Å². The summed E-state index contributed by atoms with van der Waals surface area (Å²) in [7, 11) is 1.79. The number of benzene rings is 2. The molecule has 0 aliphatic carbocycles. The molecule has 0 radical (unpaired) electrons. The Morgan fingerprint density at radius 1 is 0.939 bits per heavy atom. The number of guanidine groups is 1. The molecule has 2 N–H and O–H groups in total. The molecule has 0 spiro atoms.